The Morgan fingerprint density at radius 1 is 0.844 bits per heavy atom. The molecule has 0 aromatic heterocycles. The fourth-order valence-corrected chi connectivity index (χ4v) is 4.22. The van der Waals surface area contributed by atoms with Gasteiger partial charge in [-0.2, -0.15) is 4.39 Å². The third-order valence-corrected chi connectivity index (χ3v) is 6.03. The van der Waals surface area contributed by atoms with E-state index in [2.05, 4.69) is 6.92 Å². The normalized spacial score (nSPS) is 13.0. The van der Waals surface area contributed by atoms with Crippen molar-refractivity contribution in [1.82, 2.24) is 0 Å². The maximum Gasteiger partial charge on any atom is 0.201 e. The Hall–Kier alpha value is -3.08. The van der Waals surface area contributed by atoms with Crippen LogP contribution < -0.4 is 4.74 Å². The molecule has 3 aromatic carbocycles. The van der Waals surface area contributed by atoms with Gasteiger partial charge in [-0.1, -0.05) is 43.7 Å². The van der Waals surface area contributed by atoms with E-state index in [-0.39, 0.29) is 29.1 Å². The van der Waals surface area contributed by atoms with Gasteiger partial charge >= 0.3 is 0 Å². The van der Waals surface area contributed by atoms with Crippen LogP contribution in [0.2, 0.25) is 0 Å². The number of benzene rings is 3. The van der Waals surface area contributed by atoms with Crippen LogP contribution in [0, 0.1) is 23.3 Å². The van der Waals surface area contributed by atoms with Gasteiger partial charge in [0.1, 0.15) is 11.6 Å². The van der Waals surface area contributed by atoms with Gasteiger partial charge in [-0.25, -0.2) is 13.2 Å². The highest BCUT2D eigenvalue weighted by Gasteiger charge is 2.23. The summed E-state index contributed by atoms with van der Waals surface area (Å²) in [6, 6.07) is 11.0. The van der Waals surface area contributed by atoms with Crippen molar-refractivity contribution in [1.29, 1.82) is 0 Å². The summed E-state index contributed by atoms with van der Waals surface area (Å²) in [5, 5.41) is 0. The number of aryl methyl sites for hydroxylation is 1. The van der Waals surface area contributed by atoms with Crippen LogP contribution in [-0.4, -0.2) is 7.11 Å². The summed E-state index contributed by atoms with van der Waals surface area (Å²) in [5.74, 6) is -3.40. The Labute approximate surface area is 185 Å². The van der Waals surface area contributed by atoms with Crippen molar-refractivity contribution < 1.29 is 22.3 Å². The summed E-state index contributed by atoms with van der Waals surface area (Å²) < 4.78 is 63.5. The number of fused-ring (bicyclic) bond motifs is 1. The number of ether oxygens (including phenoxy) is 1. The largest absolute Gasteiger partial charge is 0.494 e. The van der Waals surface area contributed by atoms with Crippen LogP contribution in [0.25, 0.3) is 16.7 Å². The summed E-state index contributed by atoms with van der Waals surface area (Å²) in [6.07, 6.45) is 5.33. The van der Waals surface area contributed by atoms with E-state index in [4.69, 9.17) is 4.74 Å². The Bertz CT molecular complexity index is 1200. The molecule has 0 unspecified atom stereocenters. The SMILES string of the molecule is CCCCc1ccc(C2=CCc3c(ccc(-c4ccc(OC)c(F)c4F)c3F)C2)c(F)c1. The van der Waals surface area contributed by atoms with Gasteiger partial charge in [0.15, 0.2) is 11.6 Å². The Morgan fingerprint density at radius 2 is 1.56 bits per heavy atom. The lowest BCUT2D eigenvalue weighted by Gasteiger charge is -2.20. The molecule has 32 heavy (non-hydrogen) atoms. The van der Waals surface area contributed by atoms with Crippen LogP contribution >= 0.6 is 0 Å². The monoisotopic (exact) mass is 440 g/mol. The summed E-state index contributed by atoms with van der Waals surface area (Å²) in [6.45, 7) is 2.10. The second kappa shape index (κ2) is 9.19. The number of hydrogen-bond donors (Lipinski definition) is 0. The van der Waals surface area contributed by atoms with Crippen LogP contribution in [0.4, 0.5) is 17.6 Å². The molecule has 5 heteroatoms. The molecule has 0 amide bonds. The van der Waals surface area contributed by atoms with Gasteiger partial charge < -0.3 is 4.74 Å². The Kier molecular flexibility index (Phi) is 6.35. The average Bonchev–Trinajstić information content (AvgIpc) is 2.80. The van der Waals surface area contributed by atoms with Gasteiger partial charge in [-0.05, 0) is 66.1 Å². The second-order valence-corrected chi connectivity index (χ2v) is 8.04. The first-order valence-electron chi connectivity index (χ1n) is 10.7. The molecule has 1 aliphatic carbocycles. The second-order valence-electron chi connectivity index (χ2n) is 8.04. The number of unbranched alkanes of at least 4 members (excludes halogenated alkanes) is 1. The Morgan fingerprint density at radius 3 is 2.28 bits per heavy atom. The number of rotatable bonds is 6. The van der Waals surface area contributed by atoms with E-state index in [9.17, 15) is 13.2 Å². The minimum Gasteiger partial charge on any atom is -0.494 e. The average molecular weight is 440 g/mol. The molecule has 0 saturated heterocycles. The molecule has 4 rings (SSSR count). The molecular formula is C27H24F4O. The first-order chi connectivity index (χ1) is 15.4. The molecule has 0 heterocycles. The highest BCUT2D eigenvalue weighted by Crippen LogP contribution is 2.37. The quantitative estimate of drug-likeness (QED) is 0.362. The van der Waals surface area contributed by atoms with Gasteiger partial charge in [0.2, 0.25) is 5.82 Å². The van der Waals surface area contributed by atoms with Gasteiger partial charge in [0.25, 0.3) is 0 Å². The number of allylic oxidation sites excluding steroid dienone is 2. The van der Waals surface area contributed by atoms with Gasteiger partial charge in [-0.3, -0.25) is 0 Å². The zero-order chi connectivity index (χ0) is 22.8. The predicted molar refractivity (Wildman–Crippen MR) is 119 cm³/mol. The van der Waals surface area contributed by atoms with Crippen molar-refractivity contribution >= 4 is 5.57 Å². The minimum absolute atomic E-state index is 0.00823. The van der Waals surface area contributed by atoms with E-state index < -0.39 is 17.5 Å². The van der Waals surface area contributed by atoms with Crippen molar-refractivity contribution in [3.8, 4) is 16.9 Å². The van der Waals surface area contributed by atoms with Crippen LogP contribution in [0.1, 0.15) is 42.0 Å². The highest BCUT2D eigenvalue weighted by atomic mass is 19.2. The van der Waals surface area contributed by atoms with E-state index >= 15 is 4.39 Å². The molecule has 3 aromatic rings. The molecule has 0 atom stereocenters. The van der Waals surface area contributed by atoms with Crippen LogP contribution in [0.3, 0.4) is 0 Å². The molecule has 0 spiro atoms. The van der Waals surface area contributed by atoms with Crippen molar-refractivity contribution in [2.24, 2.45) is 0 Å². The number of hydrogen-bond acceptors (Lipinski definition) is 1. The molecule has 1 aliphatic rings. The molecule has 0 N–H and O–H groups in total. The van der Waals surface area contributed by atoms with Crippen molar-refractivity contribution in [2.75, 3.05) is 7.11 Å². The van der Waals surface area contributed by atoms with Crippen molar-refractivity contribution in [2.45, 2.75) is 39.0 Å². The lowest BCUT2D eigenvalue weighted by Crippen LogP contribution is -2.08. The summed E-state index contributed by atoms with van der Waals surface area (Å²) in [4.78, 5) is 0. The van der Waals surface area contributed by atoms with E-state index in [0.29, 0.717) is 23.1 Å². The fourth-order valence-electron chi connectivity index (χ4n) is 4.22. The Balaban J connectivity index is 1.64. The number of methoxy groups -OCH3 is 1. The van der Waals surface area contributed by atoms with E-state index in [1.165, 1.54) is 25.3 Å². The maximum atomic E-state index is 15.3. The predicted octanol–water partition coefficient (Wildman–Crippen LogP) is 7.44. The van der Waals surface area contributed by atoms with Crippen molar-refractivity contribution in [3.63, 3.8) is 0 Å². The van der Waals surface area contributed by atoms with E-state index in [1.807, 2.05) is 12.1 Å². The lowest BCUT2D eigenvalue weighted by atomic mass is 9.85. The van der Waals surface area contributed by atoms with Crippen LogP contribution in [0.5, 0.6) is 5.75 Å². The summed E-state index contributed by atoms with van der Waals surface area (Å²) >= 11 is 0. The van der Waals surface area contributed by atoms with E-state index in [0.717, 1.165) is 30.4 Å². The van der Waals surface area contributed by atoms with Gasteiger partial charge in [-0.15, -0.1) is 0 Å². The van der Waals surface area contributed by atoms with Gasteiger partial charge in [0, 0.05) is 16.7 Å². The minimum atomic E-state index is -1.15. The molecule has 0 radical (unpaired) electrons. The fraction of sp³-hybridized carbons (Fsp3) is 0.259. The lowest BCUT2D eigenvalue weighted by molar-refractivity contribution is 0.372. The summed E-state index contributed by atoms with van der Waals surface area (Å²) in [7, 11) is 1.24. The zero-order valence-corrected chi connectivity index (χ0v) is 18.1. The molecular weight excluding hydrogens is 416 g/mol. The molecule has 0 aliphatic heterocycles. The van der Waals surface area contributed by atoms with E-state index in [1.54, 1.807) is 18.2 Å². The van der Waals surface area contributed by atoms with Crippen LogP contribution in [-0.2, 0) is 19.3 Å². The molecule has 0 fully saturated rings. The number of halogens is 4. The van der Waals surface area contributed by atoms with Crippen molar-refractivity contribution in [3.05, 3.63) is 94.1 Å². The first kappa shape index (κ1) is 22.1. The molecule has 1 nitrogen and oxygen atoms in total. The molecule has 0 bridgehead atoms. The zero-order valence-electron chi connectivity index (χ0n) is 18.1. The first-order valence-corrected chi connectivity index (χ1v) is 10.7. The van der Waals surface area contributed by atoms with Gasteiger partial charge in [0.05, 0.1) is 7.11 Å². The third-order valence-electron chi connectivity index (χ3n) is 6.03. The molecule has 0 saturated carbocycles. The third kappa shape index (κ3) is 4.04. The topological polar surface area (TPSA) is 9.23 Å². The van der Waals surface area contributed by atoms with Crippen LogP contribution in [0.15, 0.2) is 48.5 Å². The highest BCUT2D eigenvalue weighted by molar-refractivity contribution is 5.74. The standard InChI is InChI=1S/C27H24F4O/c1-3-4-5-16-6-9-19(23(28)14-16)17-7-10-20-18(15-17)8-11-21(25(20)29)22-12-13-24(32-2)27(31)26(22)30/h6-9,11-14H,3-5,10,15H2,1-2H3. The smallest absolute Gasteiger partial charge is 0.201 e. The molecule has 166 valence electrons. The maximum absolute atomic E-state index is 15.3. The summed E-state index contributed by atoms with van der Waals surface area (Å²) in [5.41, 5.74) is 3.25.